The van der Waals surface area contributed by atoms with Gasteiger partial charge in [-0.15, -0.1) is 0 Å². The molecule has 1 aromatic heterocycles. The van der Waals surface area contributed by atoms with E-state index in [4.69, 9.17) is 10.5 Å². The first-order chi connectivity index (χ1) is 9.22. The summed E-state index contributed by atoms with van der Waals surface area (Å²) in [6, 6.07) is 4.03. The highest BCUT2D eigenvalue weighted by atomic mass is 16.5. The van der Waals surface area contributed by atoms with Crippen LogP contribution < -0.4 is 5.73 Å². The van der Waals surface area contributed by atoms with Gasteiger partial charge in [0.2, 0.25) is 0 Å². The fourth-order valence-corrected chi connectivity index (χ4v) is 3.07. The number of rotatable bonds is 5. The molecule has 0 aliphatic heterocycles. The molecule has 4 atom stereocenters. The first-order valence-corrected chi connectivity index (χ1v) is 7.53. The van der Waals surface area contributed by atoms with Crippen LogP contribution >= 0.6 is 0 Å². The normalized spacial score (nSPS) is 26.9. The Labute approximate surface area is 116 Å². The van der Waals surface area contributed by atoms with Gasteiger partial charge in [-0.05, 0) is 43.4 Å². The summed E-state index contributed by atoms with van der Waals surface area (Å²) in [4.78, 5) is 4.07. The van der Waals surface area contributed by atoms with E-state index in [0.29, 0.717) is 12.0 Å². The number of hydrogen-bond donors (Lipinski definition) is 1. The van der Waals surface area contributed by atoms with Crippen LogP contribution in [-0.2, 0) is 4.74 Å². The zero-order chi connectivity index (χ0) is 13.7. The van der Waals surface area contributed by atoms with Crippen molar-refractivity contribution in [2.24, 2.45) is 11.7 Å². The first kappa shape index (κ1) is 14.5. The second-order valence-electron chi connectivity index (χ2n) is 5.69. The number of hydrogen-bond acceptors (Lipinski definition) is 3. The van der Waals surface area contributed by atoms with Crippen LogP contribution in [0.15, 0.2) is 24.5 Å². The van der Waals surface area contributed by atoms with Crippen LogP contribution in [-0.4, -0.2) is 17.1 Å². The molecule has 3 heteroatoms. The highest BCUT2D eigenvalue weighted by Gasteiger charge is 2.29. The van der Waals surface area contributed by atoms with Gasteiger partial charge in [0.1, 0.15) is 0 Å². The quantitative estimate of drug-likeness (QED) is 0.884. The van der Waals surface area contributed by atoms with Gasteiger partial charge >= 0.3 is 0 Å². The third kappa shape index (κ3) is 3.77. The minimum Gasteiger partial charge on any atom is -0.368 e. The van der Waals surface area contributed by atoms with Crippen LogP contribution in [0.1, 0.15) is 57.6 Å². The van der Waals surface area contributed by atoms with E-state index in [0.717, 1.165) is 5.56 Å². The number of pyridine rings is 1. The zero-order valence-corrected chi connectivity index (χ0v) is 12.1. The average Bonchev–Trinajstić information content (AvgIpc) is 2.45. The summed E-state index contributed by atoms with van der Waals surface area (Å²) in [5.74, 6) is 0.692. The maximum atomic E-state index is 6.39. The number of aromatic nitrogens is 1. The fraction of sp³-hybridized carbons (Fsp3) is 0.688. The van der Waals surface area contributed by atoms with Crippen LogP contribution in [0.3, 0.4) is 0 Å². The van der Waals surface area contributed by atoms with E-state index >= 15 is 0 Å². The fourth-order valence-electron chi connectivity index (χ4n) is 3.07. The highest BCUT2D eigenvalue weighted by molar-refractivity contribution is 5.15. The molecule has 19 heavy (non-hydrogen) atoms. The molecule has 2 rings (SSSR count). The largest absolute Gasteiger partial charge is 0.368 e. The van der Waals surface area contributed by atoms with Crippen molar-refractivity contribution < 1.29 is 4.74 Å². The summed E-state index contributed by atoms with van der Waals surface area (Å²) in [5, 5.41) is 0. The molecule has 0 aromatic carbocycles. The molecular weight excluding hydrogens is 236 g/mol. The Morgan fingerprint density at radius 1 is 1.32 bits per heavy atom. The lowest BCUT2D eigenvalue weighted by atomic mass is 9.84. The van der Waals surface area contributed by atoms with Gasteiger partial charge in [-0.2, -0.15) is 0 Å². The van der Waals surface area contributed by atoms with Crippen LogP contribution in [0.5, 0.6) is 0 Å². The summed E-state index contributed by atoms with van der Waals surface area (Å²) in [6.07, 6.45) is 10.3. The molecule has 4 unspecified atom stereocenters. The standard InChI is InChI=1S/C16H26N2O/c1-3-13-6-4-5-7-15(13)19-16(12(2)17)14-8-10-18-11-9-14/h8-13,15-16H,3-7,17H2,1-2H3. The van der Waals surface area contributed by atoms with E-state index in [1.807, 2.05) is 31.5 Å². The third-order valence-corrected chi connectivity index (χ3v) is 4.20. The van der Waals surface area contributed by atoms with Crippen molar-refractivity contribution in [1.82, 2.24) is 4.98 Å². The Balaban J connectivity index is 2.08. The van der Waals surface area contributed by atoms with Crippen molar-refractivity contribution in [2.45, 2.75) is 64.2 Å². The Hall–Kier alpha value is -0.930. The van der Waals surface area contributed by atoms with E-state index < -0.39 is 0 Å². The predicted octanol–water partition coefficient (Wildman–Crippen LogP) is 3.46. The summed E-state index contributed by atoms with van der Waals surface area (Å²) < 4.78 is 6.39. The van der Waals surface area contributed by atoms with Gasteiger partial charge in [-0.1, -0.05) is 26.2 Å². The predicted molar refractivity (Wildman–Crippen MR) is 77.7 cm³/mol. The molecule has 0 saturated heterocycles. The molecule has 1 aliphatic carbocycles. The van der Waals surface area contributed by atoms with E-state index in [9.17, 15) is 0 Å². The Morgan fingerprint density at radius 3 is 2.63 bits per heavy atom. The summed E-state index contributed by atoms with van der Waals surface area (Å²) in [7, 11) is 0. The van der Waals surface area contributed by atoms with Gasteiger partial charge in [0.15, 0.2) is 0 Å². The molecule has 2 N–H and O–H groups in total. The molecule has 1 fully saturated rings. The lowest BCUT2D eigenvalue weighted by Crippen LogP contribution is -2.35. The maximum absolute atomic E-state index is 6.39. The lowest BCUT2D eigenvalue weighted by Gasteiger charge is -2.35. The molecule has 106 valence electrons. The maximum Gasteiger partial charge on any atom is 0.0977 e. The molecule has 1 aliphatic rings. The van der Waals surface area contributed by atoms with Crippen molar-refractivity contribution in [3.05, 3.63) is 30.1 Å². The van der Waals surface area contributed by atoms with Crippen LogP contribution in [0.25, 0.3) is 0 Å². The molecule has 0 radical (unpaired) electrons. The third-order valence-electron chi connectivity index (χ3n) is 4.20. The van der Waals surface area contributed by atoms with Crippen molar-refractivity contribution in [2.75, 3.05) is 0 Å². The van der Waals surface area contributed by atoms with E-state index in [1.165, 1.54) is 32.1 Å². The van der Waals surface area contributed by atoms with Crippen molar-refractivity contribution in [3.8, 4) is 0 Å². The molecular formula is C16H26N2O. The van der Waals surface area contributed by atoms with Crippen molar-refractivity contribution in [1.29, 1.82) is 0 Å². The molecule has 0 bridgehead atoms. The number of nitrogens with zero attached hydrogens (tertiary/aromatic N) is 1. The second-order valence-corrected chi connectivity index (χ2v) is 5.69. The molecule has 1 heterocycles. The molecule has 0 spiro atoms. The monoisotopic (exact) mass is 262 g/mol. The topological polar surface area (TPSA) is 48.1 Å². The number of ether oxygens (including phenoxy) is 1. The van der Waals surface area contributed by atoms with Crippen LogP contribution in [0, 0.1) is 5.92 Å². The van der Waals surface area contributed by atoms with Crippen molar-refractivity contribution in [3.63, 3.8) is 0 Å². The van der Waals surface area contributed by atoms with Gasteiger partial charge in [-0.25, -0.2) is 0 Å². The van der Waals surface area contributed by atoms with Gasteiger partial charge in [0.05, 0.1) is 12.2 Å². The molecule has 1 aromatic rings. The van der Waals surface area contributed by atoms with E-state index in [2.05, 4.69) is 11.9 Å². The average molecular weight is 262 g/mol. The van der Waals surface area contributed by atoms with E-state index in [1.54, 1.807) is 0 Å². The Kier molecular flexibility index (Phi) is 5.34. The molecule has 0 amide bonds. The van der Waals surface area contributed by atoms with E-state index in [-0.39, 0.29) is 12.1 Å². The highest BCUT2D eigenvalue weighted by Crippen LogP contribution is 2.33. The minimum absolute atomic E-state index is 0.00170. The summed E-state index contributed by atoms with van der Waals surface area (Å²) >= 11 is 0. The molecule has 1 saturated carbocycles. The van der Waals surface area contributed by atoms with Gasteiger partial charge in [0, 0.05) is 18.4 Å². The molecule has 3 nitrogen and oxygen atoms in total. The summed E-state index contributed by atoms with van der Waals surface area (Å²) in [5.41, 5.74) is 7.27. The van der Waals surface area contributed by atoms with Gasteiger partial charge < -0.3 is 10.5 Å². The SMILES string of the molecule is CCC1CCCCC1OC(c1ccncc1)C(C)N. The Morgan fingerprint density at radius 2 is 2.00 bits per heavy atom. The van der Waals surface area contributed by atoms with Crippen LogP contribution in [0.2, 0.25) is 0 Å². The Bertz CT molecular complexity index is 366. The number of nitrogens with two attached hydrogens (primary N) is 1. The van der Waals surface area contributed by atoms with Crippen LogP contribution in [0.4, 0.5) is 0 Å². The lowest BCUT2D eigenvalue weighted by molar-refractivity contribution is -0.0701. The first-order valence-electron chi connectivity index (χ1n) is 7.53. The zero-order valence-electron chi connectivity index (χ0n) is 12.1. The smallest absolute Gasteiger partial charge is 0.0977 e. The summed E-state index contributed by atoms with van der Waals surface area (Å²) in [6.45, 7) is 4.29. The van der Waals surface area contributed by atoms with Gasteiger partial charge in [-0.3, -0.25) is 4.98 Å². The minimum atomic E-state index is -0.0138. The second kappa shape index (κ2) is 7.01. The van der Waals surface area contributed by atoms with Crippen molar-refractivity contribution >= 4 is 0 Å². The van der Waals surface area contributed by atoms with Gasteiger partial charge in [0.25, 0.3) is 0 Å².